The van der Waals surface area contributed by atoms with Crippen molar-refractivity contribution in [2.75, 3.05) is 4.72 Å². The Balaban J connectivity index is 1.99. The van der Waals surface area contributed by atoms with E-state index in [1.54, 1.807) is 6.07 Å². The summed E-state index contributed by atoms with van der Waals surface area (Å²) in [6.07, 6.45) is 1.84. The summed E-state index contributed by atoms with van der Waals surface area (Å²) in [6, 6.07) is 11.4. The number of fused-ring (bicyclic) bond motifs is 1. The van der Waals surface area contributed by atoms with Gasteiger partial charge in [-0.3, -0.25) is 4.72 Å². The van der Waals surface area contributed by atoms with Crippen LogP contribution < -0.4 is 9.44 Å². The summed E-state index contributed by atoms with van der Waals surface area (Å²) >= 11 is 3.47. The summed E-state index contributed by atoms with van der Waals surface area (Å²) in [6.45, 7) is 0. The van der Waals surface area contributed by atoms with Crippen LogP contribution in [0.25, 0.3) is 10.8 Å². The highest BCUT2D eigenvalue weighted by Crippen LogP contribution is 2.30. The molecule has 3 rings (SSSR count). The summed E-state index contributed by atoms with van der Waals surface area (Å²) in [4.78, 5) is 0. The third-order valence-corrected chi connectivity index (χ3v) is 4.84. The molecule has 0 atom stereocenters. The molecule has 0 radical (unpaired) electrons. The smallest absolute Gasteiger partial charge is 0.270 e. The molecule has 19 heavy (non-hydrogen) atoms. The third kappa shape index (κ3) is 2.91. The Kier molecular flexibility index (Phi) is 3.24. The monoisotopic (exact) mass is 340 g/mol. The first-order valence-electron chi connectivity index (χ1n) is 6.02. The van der Waals surface area contributed by atoms with Crippen molar-refractivity contribution in [1.29, 1.82) is 0 Å². The van der Waals surface area contributed by atoms with Crippen LogP contribution in [0.3, 0.4) is 0 Å². The Labute approximate surface area is 120 Å². The molecule has 0 heterocycles. The van der Waals surface area contributed by atoms with Gasteiger partial charge in [-0.05, 0) is 30.4 Å². The van der Waals surface area contributed by atoms with E-state index in [4.69, 9.17) is 0 Å². The highest BCUT2D eigenvalue weighted by Gasteiger charge is 2.27. The fourth-order valence-corrected chi connectivity index (χ4v) is 3.63. The lowest BCUT2D eigenvalue weighted by Gasteiger charge is -2.12. The largest absolute Gasteiger partial charge is 0.299 e. The summed E-state index contributed by atoms with van der Waals surface area (Å²) in [7, 11) is -3.49. The highest BCUT2D eigenvalue weighted by atomic mass is 79.9. The highest BCUT2D eigenvalue weighted by molar-refractivity contribution is 9.10. The van der Waals surface area contributed by atoms with E-state index in [0.717, 1.165) is 28.1 Å². The lowest BCUT2D eigenvalue weighted by molar-refractivity contribution is 0.586. The van der Waals surface area contributed by atoms with E-state index >= 15 is 0 Å². The minimum atomic E-state index is -3.49. The fraction of sp³-hybridized carbons (Fsp3) is 0.231. The molecule has 0 saturated heterocycles. The molecule has 1 saturated carbocycles. The van der Waals surface area contributed by atoms with Crippen molar-refractivity contribution in [3.8, 4) is 0 Å². The number of hydrogen-bond acceptors (Lipinski definition) is 2. The molecule has 1 fully saturated rings. The van der Waals surface area contributed by atoms with Gasteiger partial charge in [0.05, 0.1) is 5.69 Å². The van der Waals surface area contributed by atoms with Gasteiger partial charge in [0.25, 0.3) is 10.2 Å². The van der Waals surface area contributed by atoms with Crippen LogP contribution in [0.15, 0.2) is 40.9 Å². The molecule has 100 valence electrons. The maximum atomic E-state index is 11.9. The third-order valence-electron chi connectivity index (χ3n) is 3.01. The minimum Gasteiger partial charge on any atom is -0.270 e. The Bertz CT molecular complexity index is 727. The summed E-state index contributed by atoms with van der Waals surface area (Å²) < 4.78 is 30.0. The van der Waals surface area contributed by atoms with Crippen LogP contribution in [-0.4, -0.2) is 14.5 Å². The zero-order valence-corrected chi connectivity index (χ0v) is 12.5. The molecule has 0 aromatic heterocycles. The SMILES string of the molecule is O=S(=O)(Nc1ccc(Br)c2ccccc12)NC1CC1. The molecule has 0 unspecified atom stereocenters. The van der Waals surface area contributed by atoms with Gasteiger partial charge in [0.15, 0.2) is 0 Å². The number of nitrogens with one attached hydrogen (secondary N) is 2. The molecule has 2 aromatic carbocycles. The molecule has 0 amide bonds. The van der Waals surface area contributed by atoms with Gasteiger partial charge in [0.2, 0.25) is 0 Å². The van der Waals surface area contributed by atoms with Crippen molar-refractivity contribution < 1.29 is 8.42 Å². The molecule has 4 nitrogen and oxygen atoms in total. The van der Waals surface area contributed by atoms with E-state index in [1.807, 2.05) is 30.3 Å². The second-order valence-corrected chi connectivity index (χ2v) is 6.94. The van der Waals surface area contributed by atoms with E-state index in [0.29, 0.717) is 5.69 Å². The van der Waals surface area contributed by atoms with Crippen LogP contribution in [0, 0.1) is 0 Å². The molecular formula is C13H13BrN2O2S. The van der Waals surface area contributed by atoms with E-state index in [-0.39, 0.29) is 6.04 Å². The Morgan fingerprint density at radius 3 is 2.42 bits per heavy atom. The number of hydrogen-bond donors (Lipinski definition) is 2. The Morgan fingerprint density at radius 1 is 1.05 bits per heavy atom. The molecule has 1 aliphatic rings. The van der Waals surface area contributed by atoms with Gasteiger partial charge >= 0.3 is 0 Å². The Hall–Kier alpha value is -1.11. The van der Waals surface area contributed by atoms with Crippen LogP contribution in [0.2, 0.25) is 0 Å². The molecule has 0 aliphatic heterocycles. The average Bonchev–Trinajstić information content (AvgIpc) is 3.16. The van der Waals surface area contributed by atoms with Gasteiger partial charge in [0.1, 0.15) is 0 Å². The average molecular weight is 341 g/mol. The van der Waals surface area contributed by atoms with Gasteiger partial charge in [-0.2, -0.15) is 13.1 Å². The van der Waals surface area contributed by atoms with Crippen LogP contribution >= 0.6 is 15.9 Å². The van der Waals surface area contributed by atoms with E-state index < -0.39 is 10.2 Å². The van der Waals surface area contributed by atoms with Crippen molar-refractivity contribution in [3.63, 3.8) is 0 Å². The minimum absolute atomic E-state index is 0.0965. The zero-order chi connectivity index (χ0) is 13.5. The lowest BCUT2D eigenvalue weighted by atomic mass is 10.1. The number of anilines is 1. The molecule has 1 aliphatic carbocycles. The summed E-state index contributed by atoms with van der Waals surface area (Å²) in [5, 5.41) is 1.85. The summed E-state index contributed by atoms with van der Waals surface area (Å²) in [5.74, 6) is 0. The van der Waals surface area contributed by atoms with Crippen LogP contribution in [0.1, 0.15) is 12.8 Å². The predicted octanol–water partition coefficient (Wildman–Crippen LogP) is 3.01. The van der Waals surface area contributed by atoms with Gasteiger partial charge in [0, 0.05) is 15.9 Å². The molecule has 0 bridgehead atoms. The van der Waals surface area contributed by atoms with Crippen LogP contribution in [-0.2, 0) is 10.2 Å². The first-order valence-corrected chi connectivity index (χ1v) is 8.30. The van der Waals surface area contributed by atoms with E-state index in [9.17, 15) is 8.42 Å². The topological polar surface area (TPSA) is 58.2 Å². The number of halogens is 1. The molecule has 2 aromatic rings. The van der Waals surface area contributed by atoms with Crippen molar-refractivity contribution in [2.45, 2.75) is 18.9 Å². The standard InChI is InChI=1S/C13H13BrN2O2S/c14-12-7-8-13(11-4-2-1-3-10(11)12)16-19(17,18)15-9-5-6-9/h1-4,7-9,15-16H,5-6H2. The quantitative estimate of drug-likeness (QED) is 0.898. The van der Waals surface area contributed by atoms with Gasteiger partial charge in [-0.1, -0.05) is 40.2 Å². The van der Waals surface area contributed by atoms with E-state index in [2.05, 4.69) is 25.4 Å². The lowest BCUT2D eigenvalue weighted by Crippen LogP contribution is -2.31. The van der Waals surface area contributed by atoms with Crippen molar-refractivity contribution in [2.24, 2.45) is 0 Å². The Morgan fingerprint density at radius 2 is 1.74 bits per heavy atom. The number of rotatable bonds is 4. The second kappa shape index (κ2) is 4.77. The van der Waals surface area contributed by atoms with Crippen LogP contribution in [0.4, 0.5) is 5.69 Å². The molecule has 0 spiro atoms. The van der Waals surface area contributed by atoms with Crippen molar-refractivity contribution >= 4 is 42.6 Å². The normalized spacial score (nSPS) is 15.6. The maximum Gasteiger partial charge on any atom is 0.299 e. The van der Waals surface area contributed by atoms with Crippen LogP contribution in [0.5, 0.6) is 0 Å². The number of benzene rings is 2. The predicted molar refractivity (Wildman–Crippen MR) is 80.3 cm³/mol. The zero-order valence-electron chi connectivity index (χ0n) is 10.1. The summed E-state index contributed by atoms with van der Waals surface area (Å²) in [5.41, 5.74) is 0.590. The van der Waals surface area contributed by atoms with Crippen molar-refractivity contribution in [3.05, 3.63) is 40.9 Å². The second-order valence-electron chi connectivity index (χ2n) is 4.64. The molecule has 2 N–H and O–H groups in total. The van der Waals surface area contributed by atoms with Gasteiger partial charge in [-0.15, -0.1) is 0 Å². The molecular weight excluding hydrogens is 328 g/mol. The first-order chi connectivity index (χ1) is 9.05. The van der Waals surface area contributed by atoms with Gasteiger partial charge < -0.3 is 0 Å². The van der Waals surface area contributed by atoms with E-state index in [1.165, 1.54) is 0 Å². The molecule has 6 heteroatoms. The van der Waals surface area contributed by atoms with Crippen molar-refractivity contribution in [1.82, 2.24) is 4.72 Å². The maximum absolute atomic E-state index is 11.9. The fourth-order valence-electron chi connectivity index (χ4n) is 1.95. The first kappa shape index (κ1) is 12.9. The van der Waals surface area contributed by atoms with Gasteiger partial charge in [-0.25, -0.2) is 0 Å².